The van der Waals surface area contributed by atoms with Crippen LogP contribution in [0.15, 0.2) is 0 Å². The molecule has 0 aliphatic carbocycles. The predicted molar refractivity (Wildman–Crippen MR) is 83.6 cm³/mol. The minimum atomic E-state index is 1.12. The summed E-state index contributed by atoms with van der Waals surface area (Å²) in [5.74, 6) is 1.18. The zero-order valence-corrected chi connectivity index (χ0v) is 13.2. The zero-order chi connectivity index (χ0) is 13.9. The van der Waals surface area contributed by atoms with Crippen molar-refractivity contribution < 1.29 is 0 Å². The molecule has 1 rings (SSSR count). The molecule has 19 heavy (non-hydrogen) atoms. The van der Waals surface area contributed by atoms with E-state index in [1.165, 1.54) is 75.7 Å². The molecule has 0 aliphatic heterocycles. The third-order valence-electron chi connectivity index (χ3n) is 3.94. The van der Waals surface area contributed by atoms with Gasteiger partial charge in [-0.2, -0.15) is 0 Å². The largest absolute Gasteiger partial charge is 0.346 e. The quantitative estimate of drug-likeness (QED) is 0.526. The van der Waals surface area contributed by atoms with E-state index in [0.717, 1.165) is 12.1 Å². The topological polar surface area (TPSA) is 28.7 Å². The van der Waals surface area contributed by atoms with Crippen LogP contribution in [0, 0.1) is 13.8 Å². The fourth-order valence-electron chi connectivity index (χ4n) is 2.52. The Bertz CT molecular complexity index is 309. The van der Waals surface area contributed by atoms with E-state index in [9.17, 15) is 0 Å². The maximum Gasteiger partial charge on any atom is 0.106 e. The molecule has 0 saturated heterocycles. The molecule has 2 nitrogen and oxygen atoms in total. The first-order valence-electron chi connectivity index (χ1n) is 8.26. The summed E-state index contributed by atoms with van der Waals surface area (Å²) in [6, 6.07) is 0. The first-order valence-corrected chi connectivity index (χ1v) is 8.26. The van der Waals surface area contributed by atoms with Gasteiger partial charge in [0.1, 0.15) is 5.82 Å². The second-order valence-electron chi connectivity index (χ2n) is 5.83. The van der Waals surface area contributed by atoms with E-state index in [1.807, 2.05) is 0 Å². The summed E-state index contributed by atoms with van der Waals surface area (Å²) in [6.45, 7) is 6.46. The van der Waals surface area contributed by atoms with Crippen LogP contribution in [0.4, 0.5) is 0 Å². The molecule has 1 N–H and O–H groups in total. The summed E-state index contributed by atoms with van der Waals surface area (Å²) in [5, 5.41) is 0. The van der Waals surface area contributed by atoms with Crippen molar-refractivity contribution in [1.29, 1.82) is 0 Å². The number of unbranched alkanes of at least 4 members (excludes halogenated alkanes) is 9. The van der Waals surface area contributed by atoms with Gasteiger partial charge in [0.25, 0.3) is 0 Å². The number of aromatic nitrogens is 2. The molecule has 1 heterocycles. The Morgan fingerprint density at radius 2 is 1.32 bits per heavy atom. The molecule has 110 valence electrons. The van der Waals surface area contributed by atoms with Crippen LogP contribution in [0.5, 0.6) is 0 Å². The Balaban J connectivity index is 1.88. The van der Waals surface area contributed by atoms with Crippen molar-refractivity contribution in [2.45, 2.75) is 91.4 Å². The van der Waals surface area contributed by atoms with Gasteiger partial charge >= 0.3 is 0 Å². The van der Waals surface area contributed by atoms with Crippen LogP contribution < -0.4 is 0 Å². The monoisotopic (exact) mass is 264 g/mol. The molecule has 0 spiro atoms. The van der Waals surface area contributed by atoms with Gasteiger partial charge in [-0.25, -0.2) is 4.98 Å². The Morgan fingerprint density at radius 1 is 0.789 bits per heavy atom. The number of nitrogens with one attached hydrogen (secondary N) is 1. The Kier molecular flexibility index (Phi) is 8.61. The van der Waals surface area contributed by atoms with Gasteiger partial charge in [-0.1, -0.05) is 64.7 Å². The van der Waals surface area contributed by atoms with Gasteiger partial charge in [0.15, 0.2) is 0 Å². The summed E-state index contributed by atoms with van der Waals surface area (Å²) in [5.41, 5.74) is 2.38. The minimum absolute atomic E-state index is 1.12. The summed E-state index contributed by atoms with van der Waals surface area (Å²) < 4.78 is 0. The van der Waals surface area contributed by atoms with Gasteiger partial charge in [0.2, 0.25) is 0 Å². The molecule has 0 atom stereocenters. The van der Waals surface area contributed by atoms with E-state index >= 15 is 0 Å². The SMILES string of the molecule is CCCCCCCCCCCCc1nc(C)c(C)[nH]1. The number of aromatic amines is 1. The molecule has 1 aromatic heterocycles. The Labute approximate surface area is 119 Å². The third-order valence-corrected chi connectivity index (χ3v) is 3.94. The predicted octanol–water partition coefficient (Wildman–Crippen LogP) is 5.49. The van der Waals surface area contributed by atoms with Crippen LogP contribution in [0.25, 0.3) is 0 Å². The maximum atomic E-state index is 4.53. The number of H-pyrrole nitrogens is 1. The highest BCUT2D eigenvalue weighted by Gasteiger charge is 2.01. The fourth-order valence-corrected chi connectivity index (χ4v) is 2.52. The van der Waals surface area contributed by atoms with E-state index in [0.29, 0.717) is 0 Å². The first kappa shape index (κ1) is 16.3. The summed E-state index contributed by atoms with van der Waals surface area (Å²) in [6.07, 6.45) is 15.1. The molecule has 0 radical (unpaired) electrons. The van der Waals surface area contributed by atoms with Crippen molar-refractivity contribution in [3.05, 3.63) is 17.2 Å². The second-order valence-corrected chi connectivity index (χ2v) is 5.83. The van der Waals surface area contributed by atoms with E-state index in [1.54, 1.807) is 0 Å². The van der Waals surface area contributed by atoms with Crippen molar-refractivity contribution in [3.63, 3.8) is 0 Å². The molecule has 0 unspecified atom stereocenters. The smallest absolute Gasteiger partial charge is 0.106 e. The molecule has 0 aliphatic rings. The highest BCUT2D eigenvalue weighted by molar-refractivity contribution is 5.10. The zero-order valence-electron chi connectivity index (χ0n) is 13.2. The minimum Gasteiger partial charge on any atom is -0.346 e. The van der Waals surface area contributed by atoms with E-state index in [-0.39, 0.29) is 0 Å². The van der Waals surface area contributed by atoms with Crippen LogP contribution in [-0.4, -0.2) is 9.97 Å². The second kappa shape index (κ2) is 10.1. The molecule has 0 bridgehead atoms. The average Bonchev–Trinajstić information content (AvgIpc) is 2.71. The van der Waals surface area contributed by atoms with Crippen LogP contribution in [0.3, 0.4) is 0 Å². The van der Waals surface area contributed by atoms with Crippen molar-refractivity contribution in [2.24, 2.45) is 0 Å². The number of hydrogen-bond donors (Lipinski definition) is 1. The number of hydrogen-bond acceptors (Lipinski definition) is 1. The normalized spacial score (nSPS) is 11.1. The molecule has 0 amide bonds. The lowest BCUT2D eigenvalue weighted by Gasteiger charge is -2.01. The Morgan fingerprint density at radius 3 is 1.79 bits per heavy atom. The summed E-state index contributed by atoms with van der Waals surface area (Å²) >= 11 is 0. The molecular weight excluding hydrogens is 232 g/mol. The molecule has 2 heteroatoms. The molecule has 1 aromatic rings. The average molecular weight is 264 g/mol. The number of aryl methyl sites for hydroxylation is 3. The fraction of sp³-hybridized carbons (Fsp3) is 0.824. The lowest BCUT2D eigenvalue weighted by atomic mass is 10.1. The number of imidazole rings is 1. The number of rotatable bonds is 11. The highest BCUT2D eigenvalue weighted by Crippen LogP contribution is 2.12. The lowest BCUT2D eigenvalue weighted by Crippen LogP contribution is -1.89. The molecule has 0 saturated carbocycles. The van der Waals surface area contributed by atoms with Gasteiger partial charge in [0, 0.05) is 12.1 Å². The van der Waals surface area contributed by atoms with E-state index in [4.69, 9.17) is 0 Å². The van der Waals surface area contributed by atoms with Crippen LogP contribution in [0.2, 0.25) is 0 Å². The van der Waals surface area contributed by atoms with Crippen LogP contribution >= 0.6 is 0 Å². The van der Waals surface area contributed by atoms with Gasteiger partial charge in [0.05, 0.1) is 5.69 Å². The third kappa shape index (κ3) is 7.39. The molecular formula is C17H32N2. The molecule has 0 fully saturated rings. The Hall–Kier alpha value is -0.790. The van der Waals surface area contributed by atoms with Gasteiger partial charge in [-0.3, -0.25) is 0 Å². The van der Waals surface area contributed by atoms with Gasteiger partial charge in [-0.05, 0) is 20.3 Å². The van der Waals surface area contributed by atoms with E-state index in [2.05, 4.69) is 30.7 Å². The van der Waals surface area contributed by atoms with Crippen molar-refractivity contribution in [3.8, 4) is 0 Å². The van der Waals surface area contributed by atoms with Crippen LogP contribution in [-0.2, 0) is 6.42 Å². The van der Waals surface area contributed by atoms with E-state index < -0.39 is 0 Å². The summed E-state index contributed by atoms with van der Waals surface area (Å²) in [7, 11) is 0. The lowest BCUT2D eigenvalue weighted by molar-refractivity contribution is 0.554. The first-order chi connectivity index (χ1) is 9.24. The van der Waals surface area contributed by atoms with Crippen LogP contribution in [0.1, 0.15) is 88.3 Å². The van der Waals surface area contributed by atoms with Crippen molar-refractivity contribution >= 4 is 0 Å². The standard InChI is InChI=1S/C17H32N2/c1-4-5-6-7-8-9-10-11-12-13-14-17-18-15(2)16(3)19-17/h4-14H2,1-3H3,(H,18,19). The maximum absolute atomic E-state index is 4.53. The molecule has 0 aromatic carbocycles. The van der Waals surface area contributed by atoms with Crippen molar-refractivity contribution in [1.82, 2.24) is 9.97 Å². The highest BCUT2D eigenvalue weighted by atomic mass is 14.9. The summed E-state index contributed by atoms with van der Waals surface area (Å²) in [4.78, 5) is 7.89. The van der Waals surface area contributed by atoms with Gasteiger partial charge < -0.3 is 4.98 Å². The van der Waals surface area contributed by atoms with Gasteiger partial charge in [-0.15, -0.1) is 0 Å². The number of nitrogens with zero attached hydrogens (tertiary/aromatic N) is 1. The van der Waals surface area contributed by atoms with Crippen molar-refractivity contribution in [2.75, 3.05) is 0 Å².